The lowest BCUT2D eigenvalue weighted by Gasteiger charge is -2.21. The predicted octanol–water partition coefficient (Wildman–Crippen LogP) is 30.2. The van der Waals surface area contributed by atoms with Gasteiger partial charge in [0, 0.05) is 19.3 Å². The van der Waals surface area contributed by atoms with E-state index in [9.17, 15) is 43.5 Å². The highest BCUT2D eigenvalue weighted by atomic mass is 31.2. The molecule has 0 aromatic carbocycles. The molecule has 18 heteroatoms. The smallest absolute Gasteiger partial charge is 0.463 e. The number of hydrogen-bond donors (Lipinski definition) is 4. The van der Waals surface area contributed by atoms with Gasteiger partial charge in [0.2, 0.25) is 0 Å². The molecule has 0 saturated heterocycles. The maximum atomic E-state index is 13.0. The molecule has 0 spiro atoms. The van der Waals surface area contributed by atoms with Gasteiger partial charge in [-0.1, -0.05) is 409 Å². The molecule has 0 saturated carbocycles. The van der Waals surface area contributed by atoms with Gasteiger partial charge in [0.1, 0.15) is 25.4 Å². The van der Waals surface area contributed by atoms with Crippen LogP contribution in [0.15, 0.2) is 170 Å². The summed E-state index contributed by atoms with van der Waals surface area (Å²) in [5.74, 6) is -1.66. The first kappa shape index (κ1) is 116. The normalized spacial score (nSPS) is 14.5. The second-order valence-electron chi connectivity index (χ2n) is 32.1. The Labute approximate surface area is 739 Å². The molecule has 0 fully saturated rings. The quantitative estimate of drug-likeness (QED) is 0.0146. The van der Waals surface area contributed by atoms with Gasteiger partial charge in [-0.25, -0.2) is 9.13 Å². The number of allylic oxidation sites excluding steroid dienone is 28. The van der Waals surface area contributed by atoms with E-state index in [4.69, 9.17) is 32.3 Å². The Morgan fingerprint density at radius 2 is 0.455 bits per heavy atom. The summed E-state index contributed by atoms with van der Waals surface area (Å²) < 4.78 is 61.4. The van der Waals surface area contributed by atoms with Crippen molar-refractivity contribution in [1.82, 2.24) is 0 Å². The van der Waals surface area contributed by atoms with Crippen LogP contribution < -0.4 is 0 Å². The highest BCUT2D eigenvalue weighted by molar-refractivity contribution is 7.47. The number of aliphatic hydroxyl groups is 2. The zero-order valence-corrected chi connectivity index (χ0v) is 78.4. The molecule has 0 amide bonds. The van der Waals surface area contributed by atoms with Crippen molar-refractivity contribution < 1.29 is 75.8 Å². The number of carbonyl (C=O) groups is 3. The Hall–Kier alpha value is -5.09. The molecule has 0 aromatic heterocycles. The average molecular weight is 1730 g/mol. The fourth-order valence-corrected chi connectivity index (χ4v) is 14.7. The second-order valence-corrected chi connectivity index (χ2v) is 35.0. The summed E-state index contributed by atoms with van der Waals surface area (Å²) in [5.41, 5.74) is 0. The second kappa shape index (κ2) is 94.1. The van der Waals surface area contributed by atoms with E-state index in [1.807, 2.05) is 18.2 Å². The summed E-state index contributed by atoms with van der Waals surface area (Å²) in [7, 11) is -9.84. The molecular formula is C103H176O16P2. The lowest BCUT2D eigenvalue weighted by molar-refractivity contribution is -0.161. The van der Waals surface area contributed by atoms with Crippen LogP contribution in [0.1, 0.15) is 406 Å². The van der Waals surface area contributed by atoms with Crippen LogP contribution in [-0.4, -0.2) is 95.9 Å². The molecule has 5 unspecified atom stereocenters. The average Bonchev–Trinajstić information content (AvgIpc) is 0.901. The Balaban J connectivity index is 4.54. The van der Waals surface area contributed by atoms with Gasteiger partial charge in [-0.15, -0.1) is 0 Å². The highest BCUT2D eigenvalue weighted by Gasteiger charge is 2.29. The third kappa shape index (κ3) is 95.4. The highest BCUT2D eigenvalue weighted by Crippen LogP contribution is 2.45. The van der Waals surface area contributed by atoms with Crippen LogP contribution >= 0.6 is 15.6 Å². The summed E-state index contributed by atoms with van der Waals surface area (Å²) in [6.45, 7) is 2.47. The molecule has 0 radical (unpaired) electrons. The fourth-order valence-electron chi connectivity index (χ4n) is 13.1. The molecule has 121 heavy (non-hydrogen) atoms. The van der Waals surface area contributed by atoms with Crippen molar-refractivity contribution in [3.05, 3.63) is 170 Å². The molecule has 0 aliphatic heterocycles. The number of unbranched alkanes of at least 4 members (excludes halogenated alkanes) is 40. The molecule has 0 heterocycles. The predicted molar refractivity (Wildman–Crippen MR) is 509 cm³/mol. The van der Waals surface area contributed by atoms with Crippen LogP contribution in [0.3, 0.4) is 0 Å². The SMILES string of the molecule is CC/C=C\C/C=C\C/C=C\C/C=C\C/C=C\C/C=C\CCC(=O)OC(COC(=O)CCCCCCCCCCCCCCCCCCC/C=C\C/C=C\C/C=C\C/C=C\CCCCC)COP(=O)(O)OCC(O)COP(=O)(O)OCC(O)COC(=O)CCCCCCCCCCCCCCCCCCC/C=C\C/C=C\C/C=C\C/C=C\CCCCC. The van der Waals surface area contributed by atoms with Crippen molar-refractivity contribution in [3.63, 3.8) is 0 Å². The molecule has 5 atom stereocenters. The molecule has 16 nitrogen and oxygen atoms in total. The van der Waals surface area contributed by atoms with Gasteiger partial charge in [-0.05, 0) is 148 Å². The first-order chi connectivity index (χ1) is 59.2. The van der Waals surface area contributed by atoms with Crippen molar-refractivity contribution in [3.8, 4) is 0 Å². The minimum atomic E-state index is -4.96. The maximum absolute atomic E-state index is 13.0. The van der Waals surface area contributed by atoms with Gasteiger partial charge < -0.3 is 34.2 Å². The Kier molecular flexibility index (Phi) is 90.1. The zero-order chi connectivity index (χ0) is 87.9. The zero-order valence-electron chi connectivity index (χ0n) is 76.6. The number of carbonyl (C=O) groups excluding carboxylic acids is 3. The minimum absolute atomic E-state index is 0.0235. The fraction of sp³-hybridized carbons (Fsp3) is 0.699. The summed E-state index contributed by atoms with van der Waals surface area (Å²) in [6, 6.07) is 0. The Morgan fingerprint density at radius 3 is 0.727 bits per heavy atom. The van der Waals surface area contributed by atoms with Crippen LogP contribution in [0.4, 0.5) is 0 Å². The molecule has 0 bridgehead atoms. The van der Waals surface area contributed by atoms with Crippen LogP contribution in [0.25, 0.3) is 0 Å². The Bertz CT molecular complexity index is 2880. The van der Waals surface area contributed by atoms with E-state index in [0.29, 0.717) is 25.7 Å². The molecule has 0 aromatic rings. The number of esters is 3. The number of phosphoric ester groups is 2. The van der Waals surface area contributed by atoms with E-state index in [1.165, 1.54) is 225 Å². The number of aliphatic hydroxyl groups excluding tert-OH is 2. The largest absolute Gasteiger partial charge is 0.472 e. The molecular weight excluding hydrogens is 1560 g/mol. The number of ether oxygens (including phenoxy) is 3. The van der Waals surface area contributed by atoms with Crippen molar-refractivity contribution in [2.45, 2.75) is 424 Å². The van der Waals surface area contributed by atoms with Gasteiger partial charge in [0.25, 0.3) is 0 Å². The van der Waals surface area contributed by atoms with Crippen molar-refractivity contribution >= 4 is 33.6 Å². The van der Waals surface area contributed by atoms with Crippen LogP contribution in [0, 0.1) is 0 Å². The summed E-state index contributed by atoms with van der Waals surface area (Å²) >= 11 is 0. The van der Waals surface area contributed by atoms with E-state index in [-0.39, 0.29) is 19.3 Å². The third-order valence-corrected chi connectivity index (χ3v) is 22.3. The van der Waals surface area contributed by atoms with Crippen LogP contribution in [0.5, 0.6) is 0 Å². The van der Waals surface area contributed by atoms with Crippen LogP contribution in [0.2, 0.25) is 0 Å². The van der Waals surface area contributed by atoms with Gasteiger partial charge in [0.05, 0.1) is 26.4 Å². The topological polar surface area (TPSA) is 231 Å². The maximum Gasteiger partial charge on any atom is 0.472 e. The van der Waals surface area contributed by atoms with Crippen molar-refractivity contribution in [1.29, 1.82) is 0 Å². The number of phosphoric acid groups is 2. The first-order valence-electron chi connectivity index (χ1n) is 48.4. The minimum Gasteiger partial charge on any atom is -0.463 e. The van der Waals surface area contributed by atoms with Gasteiger partial charge in [0.15, 0.2) is 6.10 Å². The van der Waals surface area contributed by atoms with E-state index in [1.54, 1.807) is 0 Å². The Morgan fingerprint density at radius 1 is 0.240 bits per heavy atom. The number of rotatable bonds is 91. The summed E-state index contributed by atoms with van der Waals surface area (Å²) in [5, 5.41) is 20.7. The molecule has 0 aliphatic rings. The molecule has 0 aliphatic carbocycles. The summed E-state index contributed by atoms with van der Waals surface area (Å²) in [4.78, 5) is 59.0. The van der Waals surface area contributed by atoms with Gasteiger partial charge >= 0.3 is 33.6 Å². The molecule has 0 rings (SSSR count). The van der Waals surface area contributed by atoms with Gasteiger partial charge in [-0.3, -0.25) is 32.5 Å². The summed E-state index contributed by atoms with van der Waals surface area (Å²) in [6.07, 6.45) is 123. The third-order valence-electron chi connectivity index (χ3n) is 20.4. The number of hydrogen-bond acceptors (Lipinski definition) is 14. The van der Waals surface area contributed by atoms with E-state index in [0.717, 1.165) is 116 Å². The van der Waals surface area contributed by atoms with Crippen LogP contribution in [-0.2, 0) is 55.8 Å². The monoisotopic (exact) mass is 1730 g/mol. The first-order valence-corrected chi connectivity index (χ1v) is 51.4. The molecule has 4 N–H and O–H groups in total. The van der Waals surface area contributed by atoms with Crippen molar-refractivity contribution in [2.75, 3.05) is 39.6 Å². The van der Waals surface area contributed by atoms with E-state index < -0.39 is 91.5 Å². The standard InChI is InChI=1S/C103H176O16P2/c1-4-7-10-13-16-19-22-25-28-31-34-36-38-40-42-44-46-48-50-52-54-56-58-60-63-65-68-71-74-77-80-83-86-89-101(106)113-92-98(104)93-115-120(109,110)116-94-99(105)95-117-121(111,112)118-97-100(119-103(108)91-88-85-82-79-76-73-70-67-62-33-30-27-24-21-18-15-12-9-6-3)96-114-102(107)90-87-84-81-78-75-72-69-66-64-61-59-57-55-53-51-49-47-45-43-41-39-37-35-32-29-26-23-20-17-14-11-8-5-2/h9,12,16-21,25-30,34-37,40-43,62,67,73,76,82,85,98-100,104-105H,4-8,10-11,13-15,22-24,31-33,38-39,44-61,63-66,68-72,74-75,77-81,83-84,86-97H2,1-3H3,(H,109,110)(H,111,112)/b12-9-,19-16-,20-17-,21-18-,28-25-,29-26-,30-27-,36-34-,37-35-,42-40-,43-41-,67-62-,76-73-,85-82-. The van der Waals surface area contributed by atoms with E-state index in [2.05, 4.69) is 173 Å². The van der Waals surface area contributed by atoms with Gasteiger partial charge in [-0.2, -0.15) is 0 Å². The lowest BCUT2D eigenvalue weighted by atomic mass is 10.0. The van der Waals surface area contributed by atoms with Crippen molar-refractivity contribution in [2.24, 2.45) is 0 Å². The van der Waals surface area contributed by atoms with E-state index >= 15 is 0 Å². The lowest BCUT2D eigenvalue weighted by Crippen LogP contribution is -2.29. The molecule has 694 valence electrons.